The van der Waals surface area contributed by atoms with Crippen LogP contribution in [0.5, 0.6) is 5.75 Å². The van der Waals surface area contributed by atoms with E-state index >= 15 is 0 Å². The molecule has 7 heteroatoms. The van der Waals surface area contributed by atoms with Gasteiger partial charge in [-0.1, -0.05) is 0 Å². The van der Waals surface area contributed by atoms with Crippen LogP contribution in [0.4, 0.5) is 10.5 Å². The number of likely N-dealkylation sites (N-methyl/N-ethyl adjacent to an activating group) is 1. The molecule has 0 aromatic heterocycles. The number of phenols is 1. The summed E-state index contributed by atoms with van der Waals surface area (Å²) in [5, 5.41) is 29.9. The number of carboxylic acid groups (broad SMARTS) is 1. The van der Waals surface area contributed by atoms with Gasteiger partial charge in [0, 0.05) is 13.6 Å². The fourth-order valence-electron chi connectivity index (χ4n) is 1.46. The number of aromatic carboxylic acids is 1. The smallest absolute Gasteiger partial charge is 0.335 e. The molecule has 7 nitrogen and oxygen atoms in total. The van der Waals surface area contributed by atoms with Gasteiger partial charge in [0.05, 0.1) is 17.4 Å². The lowest BCUT2D eigenvalue weighted by molar-refractivity contribution is 0.0696. The molecular weight excluding hydrogens is 252 g/mol. The number of aliphatic hydroxyl groups excluding tert-OH is 1. The lowest BCUT2D eigenvalue weighted by Crippen LogP contribution is -2.36. The monoisotopic (exact) mass is 268 g/mol. The molecule has 0 fully saturated rings. The standard InChI is InChI=1S/C12H16N2O5/c1-7(15)6-14(2)12(19)13-9-4-3-8(11(17)18)5-10(9)16/h3-5,7,15-16H,6H2,1-2H3,(H,13,19)(H,17,18). The van der Waals surface area contributed by atoms with Crippen LogP contribution in [0.1, 0.15) is 17.3 Å². The Morgan fingerprint density at radius 2 is 2.05 bits per heavy atom. The number of aliphatic hydroxyl groups is 1. The third-order valence-corrected chi connectivity index (χ3v) is 2.37. The zero-order valence-electron chi connectivity index (χ0n) is 10.6. The second-order valence-electron chi connectivity index (χ2n) is 4.20. The van der Waals surface area contributed by atoms with Crippen LogP contribution in [0.25, 0.3) is 0 Å². The fraction of sp³-hybridized carbons (Fsp3) is 0.333. The number of hydrogen-bond donors (Lipinski definition) is 4. The molecule has 1 rings (SSSR count). The third kappa shape index (κ3) is 4.14. The number of rotatable bonds is 4. The number of anilines is 1. The van der Waals surface area contributed by atoms with Gasteiger partial charge in [-0.2, -0.15) is 0 Å². The van der Waals surface area contributed by atoms with Crippen molar-refractivity contribution in [1.82, 2.24) is 4.90 Å². The van der Waals surface area contributed by atoms with E-state index in [1.165, 1.54) is 24.1 Å². The van der Waals surface area contributed by atoms with Crippen LogP contribution >= 0.6 is 0 Å². The van der Waals surface area contributed by atoms with Crippen LogP contribution in [-0.2, 0) is 0 Å². The number of aromatic hydroxyl groups is 1. The summed E-state index contributed by atoms with van der Waals surface area (Å²) in [5.41, 5.74) is 0.0280. The minimum absolute atomic E-state index is 0.0761. The number of carboxylic acids is 1. The van der Waals surface area contributed by atoms with E-state index in [4.69, 9.17) is 10.2 Å². The summed E-state index contributed by atoms with van der Waals surface area (Å²) in [6.07, 6.45) is -0.668. The summed E-state index contributed by atoms with van der Waals surface area (Å²) >= 11 is 0. The highest BCUT2D eigenvalue weighted by Gasteiger charge is 2.14. The molecule has 0 aliphatic heterocycles. The number of hydrogen-bond acceptors (Lipinski definition) is 4. The molecule has 19 heavy (non-hydrogen) atoms. The van der Waals surface area contributed by atoms with Crippen molar-refractivity contribution in [3.8, 4) is 5.75 Å². The van der Waals surface area contributed by atoms with Gasteiger partial charge in [0.2, 0.25) is 0 Å². The normalized spacial score (nSPS) is 11.7. The third-order valence-electron chi connectivity index (χ3n) is 2.37. The Bertz CT molecular complexity index is 487. The van der Waals surface area contributed by atoms with Crippen molar-refractivity contribution in [2.45, 2.75) is 13.0 Å². The number of phenolic OH excluding ortho intramolecular Hbond substituents is 1. The lowest BCUT2D eigenvalue weighted by Gasteiger charge is -2.19. The van der Waals surface area contributed by atoms with Gasteiger partial charge >= 0.3 is 12.0 Å². The van der Waals surface area contributed by atoms with Gasteiger partial charge in [0.1, 0.15) is 5.75 Å². The zero-order chi connectivity index (χ0) is 14.6. The Kier molecular flexibility index (Phi) is 4.71. The second-order valence-corrected chi connectivity index (χ2v) is 4.20. The molecule has 1 atom stereocenters. The van der Waals surface area contributed by atoms with Gasteiger partial charge in [0.25, 0.3) is 0 Å². The Hall–Kier alpha value is -2.28. The van der Waals surface area contributed by atoms with Crippen molar-refractivity contribution >= 4 is 17.7 Å². The van der Waals surface area contributed by atoms with Gasteiger partial charge in [-0.15, -0.1) is 0 Å². The van der Waals surface area contributed by atoms with Gasteiger partial charge in [-0.05, 0) is 25.1 Å². The summed E-state index contributed by atoms with van der Waals surface area (Å²) in [5.74, 6) is -1.50. The molecule has 1 aromatic carbocycles. The summed E-state index contributed by atoms with van der Waals surface area (Å²) in [4.78, 5) is 23.6. The van der Waals surface area contributed by atoms with Gasteiger partial charge in [0.15, 0.2) is 0 Å². The van der Waals surface area contributed by atoms with E-state index in [0.717, 1.165) is 6.07 Å². The minimum atomic E-state index is -1.17. The number of benzene rings is 1. The maximum Gasteiger partial charge on any atom is 0.335 e. The van der Waals surface area contributed by atoms with Gasteiger partial charge in [-0.3, -0.25) is 0 Å². The number of carbonyl (C=O) groups is 2. The van der Waals surface area contributed by atoms with E-state index in [0.29, 0.717) is 0 Å². The van der Waals surface area contributed by atoms with Crippen molar-refractivity contribution in [3.05, 3.63) is 23.8 Å². The molecule has 0 bridgehead atoms. The van der Waals surface area contributed by atoms with Crippen molar-refractivity contribution < 1.29 is 24.9 Å². The molecule has 1 aromatic rings. The fourth-order valence-corrected chi connectivity index (χ4v) is 1.46. The second kappa shape index (κ2) is 6.05. The zero-order valence-corrected chi connectivity index (χ0v) is 10.6. The summed E-state index contributed by atoms with van der Waals surface area (Å²) in [6.45, 7) is 1.68. The number of urea groups is 1. The predicted molar refractivity (Wildman–Crippen MR) is 68.4 cm³/mol. The molecular formula is C12H16N2O5. The van der Waals surface area contributed by atoms with Crippen molar-refractivity contribution in [2.75, 3.05) is 18.9 Å². The summed E-state index contributed by atoms with van der Waals surface area (Å²) in [7, 11) is 1.49. The average molecular weight is 268 g/mol. The largest absolute Gasteiger partial charge is 0.506 e. The molecule has 0 spiro atoms. The first-order chi connectivity index (χ1) is 8.81. The number of nitrogens with one attached hydrogen (secondary N) is 1. The number of carbonyl (C=O) groups excluding carboxylic acids is 1. The maximum atomic E-state index is 11.7. The number of amides is 2. The van der Waals surface area contributed by atoms with E-state index in [2.05, 4.69) is 5.32 Å². The average Bonchev–Trinajstić information content (AvgIpc) is 2.30. The number of nitrogens with zero attached hydrogens (tertiary/aromatic N) is 1. The predicted octanol–water partition coefficient (Wildman–Crippen LogP) is 0.935. The van der Waals surface area contributed by atoms with Crippen LogP contribution in [0.15, 0.2) is 18.2 Å². The molecule has 0 aliphatic rings. The van der Waals surface area contributed by atoms with E-state index in [1.807, 2.05) is 0 Å². The van der Waals surface area contributed by atoms with Gasteiger partial charge < -0.3 is 25.5 Å². The van der Waals surface area contributed by atoms with Gasteiger partial charge in [-0.25, -0.2) is 9.59 Å². The van der Waals surface area contributed by atoms with E-state index in [9.17, 15) is 14.7 Å². The highest BCUT2D eigenvalue weighted by molar-refractivity contribution is 5.93. The highest BCUT2D eigenvalue weighted by atomic mass is 16.4. The molecule has 0 aliphatic carbocycles. The van der Waals surface area contributed by atoms with Crippen LogP contribution < -0.4 is 5.32 Å². The highest BCUT2D eigenvalue weighted by Crippen LogP contribution is 2.24. The first-order valence-corrected chi connectivity index (χ1v) is 5.57. The van der Waals surface area contributed by atoms with Crippen molar-refractivity contribution in [2.24, 2.45) is 0 Å². The maximum absolute atomic E-state index is 11.7. The molecule has 2 amide bonds. The summed E-state index contributed by atoms with van der Waals surface area (Å²) < 4.78 is 0. The molecule has 0 radical (unpaired) electrons. The lowest BCUT2D eigenvalue weighted by atomic mass is 10.2. The molecule has 0 heterocycles. The molecule has 0 saturated carbocycles. The quantitative estimate of drug-likeness (QED) is 0.607. The first kappa shape index (κ1) is 14.8. The van der Waals surface area contributed by atoms with Crippen molar-refractivity contribution in [1.29, 1.82) is 0 Å². The topological polar surface area (TPSA) is 110 Å². The molecule has 1 unspecified atom stereocenters. The van der Waals surface area contributed by atoms with Crippen LogP contribution in [0.3, 0.4) is 0 Å². The first-order valence-electron chi connectivity index (χ1n) is 5.57. The Morgan fingerprint density at radius 1 is 1.42 bits per heavy atom. The van der Waals surface area contributed by atoms with E-state index in [1.54, 1.807) is 6.92 Å². The molecule has 104 valence electrons. The van der Waals surface area contributed by atoms with Crippen LogP contribution in [0.2, 0.25) is 0 Å². The Labute approximate surface area is 110 Å². The molecule has 0 saturated heterocycles. The minimum Gasteiger partial charge on any atom is -0.506 e. The molecule has 4 N–H and O–H groups in total. The van der Waals surface area contributed by atoms with Crippen LogP contribution in [0, 0.1) is 0 Å². The van der Waals surface area contributed by atoms with Crippen LogP contribution in [-0.4, -0.2) is 51.9 Å². The van der Waals surface area contributed by atoms with Crippen molar-refractivity contribution in [3.63, 3.8) is 0 Å². The SMILES string of the molecule is CC(O)CN(C)C(=O)Nc1ccc(C(=O)O)cc1O. The Balaban J connectivity index is 2.77. The Morgan fingerprint density at radius 3 is 2.53 bits per heavy atom. The van der Waals surface area contributed by atoms with E-state index < -0.39 is 18.1 Å². The summed E-state index contributed by atoms with van der Waals surface area (Å²) in [6, 6.07) is 3.10. The van der Waals surface area contributed by atoms with E-state index in [-0.39, 0.29) is 23.5 Å².